The van der Waals surface area contributed by atoms with E-state index in [2.05, 4.69) is 15.0 Å². The zero-order valence-corrected chi connectivity index (χ0v) is 13.2. The van der Waals surface area contributed by atoms with Crippen molar-refractivity contribution in [3.05, 3.63) is 11.7 Å². The van der Waals surface area contributed by atoms with Gasteiger partial charge in [-0.15, -0.1) is 0 Å². The Labute approximate surface area is 130 Å². The number of nitrogens with zero attached hydrogens (tertiary/aromatic N) is 4. The Bertz CT molecular complexity index is 499. The summed E-state index contributed by atoms with van der Waals surface area (Å²) in [5, 5.41) is 4.10. The molecule has 1 aromatic heterocycles. The van der Waals surface area contributed by atoms with Crippen molar-refractivity contribution in [3.8, 4) is 0 Å². The molecule has 1 amide bonds. The van der Waals surface area contributed by atoms with Crippen molar-refractivity contribution in [1.29, 1.82) is 0 Å². The number of carbonyl (C=O) groups excluding carboxylic acids is 1. The predicted octanol–water partition coefficient (Wildman–Crippen LogP) is 1.02. The highest BCUT2D eigenvalue weighted by molar-refractivity contribution is 5.76. The fourth-order valence-electron chi connectivity index (χ4n) is 3.14. The summed E-state index contributed by atoms with van der Waals surface area (Å²) >= 11 is 0. The third kappa shape index (κ3) is 3.47. The van der Waals surface area contributed by atoms with Crippen molar-refractivity contribution in [1.82, 2.24) is 19.9 Å². The van der Waals surface area contributed by atoms with Gasteiger partial charge in [0.1, 0.15) is 0 Å². The first kappa shape index (κ1) is 15.4. The van der Waals surface area contributed by atoms with Gasteiger partial charge >= 0.3 is 0 Å². The van der Waals surface area contributed by atoms with Crippen LogP contribution in [0.3, 0.4) is 0 Å². The number of amides is 1. The highest BCUT2D eigenvalue weighted by Gasteiger charge is 2.30. The van der Waals surface area contributed by atoms with Crippen molar-refractivity contribution in [2.45, 2.75) is 38.6 Å². The summed E-state index contributed by atoms with van der Waals surface area (Å²) in [7, 11) is 0. The normalized spacial score (nSPS) is 23.1. The minimum Gasteiger partial charge on any atom is -0.378 e. The van der Waals surface area contributed by atoms with Gasteiger partial charge in [-0.2, -0.15) is 4.98 Å². The summed E-state index contributed by atoms with van der Waals surface area (Å²) in [5.74, 6) is 1.68. The lowest BCUT2D eigenvalue weighted by Crippen LogP contribution is -2.42. The van der Waals surface area contributed by atoms with Crippen LogP contribution in [0.5, 0.6) is 0 Å². The number of aryl methyl sites for hydroxylation is 1. The molecule has 0 radical (unpaired) electrons. The van der Waals surface area contributed by atoms with Crippen LogP contribution in [0, 0.1) is 0 Å². The maximum absolute atomic E-state index is 12.2. The van der Waals surface area contributed by atoms with E-state index < -0.39 is 0 Å². The second-order valence-electron chi connectivity index (χ2n) is 5.84. The molecule has 0 saturated carbocycles. The lowest BCUT2D eigenvalue weighted by molar-refractivity contribution is -0.135. The van der Waals surface area contributed by atoms with Crippen LogP contribution in [-0.4, -0.2) is 65.2 Å². The molecule has 2 saturated heterocycles. The first-order valence-electron chi connectivity index (χ1n) is 8.20. The zero-order valence-electron chi connectivity index (χ0n) is 13.2. The fourth-order valence-corrected chi connectivity index (χ4v) is 3.14. The second-order valence-corrected chi connectivity index (χ2v) is 5.84. The molecule has 1 atom stereocenters. The summed E-state index contributed by atoms with van der Waals surface area (Å²) < 4.78 is 10.5. The molecule has 7 heteroatoms. The highest BCUT2D eigenvalue weighted by Crippen LogP contribution is 2.30. The number of rotatable bonds is 5. The lowest BCUT2D eigenvalue weighted by Gasteiger charge is -2.28. The number of hydrogen-bond donors (Lipinski definition) is 0. The maximum Gasteiger partial charge on any atom is 0.226 e. The van der Waals surface area contributed by atoms with Crippen LogP contribution < -0.4 is 0 Å². The molecule has 122 valence electrons. The molecule has 1 aromatic rings. The summed E-state index contributed by atoms with van der Waals surface area (Å²) in [6.45, 7) is 6.50. The maximum atomic E-state index is 12.2. The van der Waals surface area contributed by atoms with Crippen molar-refractivity contribution in [3.63, 3.8) is 0 Å². The smallest absolute Gasteiger partial charge is 0.226 e. The van der Waals surface area contributed by atoms with Gasteiger partial charge in [0.15, 0.2) is 5.82 Å². The van der Waals surface area contributed by atoms with Crippen LogP contribution in [0.25, 0.3) is 0 Å². The number of aromatic nitrogens is 2. The van der Waals surface area contributed by atoms with Gasteiger partial charge in [0, 0.05) is 32.5 Å². The minimum atomic E-state index is 0.196. The van der Waals surface area contributed by atoms with Crippen molar-refractivity contribution < 1.29 is 14.1 Å². The third-order valence-electron chi connectivity index (χ3n) is 4.42. The van der Waals surface area contributed by atoms with E-state index in [0.29, 0.717) is 38.6 Å². The van der Waals surface area contributed by atoms with Gasteiger partial charge in [-0.25, -0.2) is 0 Å². The molecule has 22 heavy (non-hydrogen) atoms. The standard InChI is InChI=1S/C15H24N4O3/c1-2-13-16-15(17-22-13)12-4-3-6-18(12)7-5-14(20)19-8-10-21-11-9-19/h12H,2-11H2,1H3/t12-/m1/s1. The van der Waals surface area contributed by atoms with E-state index in [9.17, 15) is 4.79 Å². The third-order valence-corrected chi connectivity index (χ3v) is 4.42. The molecule has 0 aromatic carbocycles. The molecule has 3 heterocycles. The first-order chi connectivity index (χ1) is 10.8. The number of hydrogen-bond acceptors (Lipinski definition) is 6. The molecule has 0 bridgehead atoms. The Hall–Kier alpha value is -1.47. The van der Waals surface area contributed by atoms with E-state index in [0.717, 1.165) is 38.2 Å². The molecule has 0 unspecified atom stereocenters. The predicted molar refractivity (Wildman–Crippen MR) is 79.2 cm³/mol. The molecule has 2 aliphatic rings. The van der Waals surface area contributed by atoms with E-state index in [1.807, 2.05) is 11.8 Å². The van der Waals surface area contributed by atoms with Gasteiger partial charge in [0.25, 0.3) is 0 Å². The SMILES string of the molecule is CCc1nc([C@H]2CCCN2CCC(=O)N2CCOCC2)no1. The van der Waals surface area contributed by atoms with Crippen LogP contribution in [0.15, 0.2) is 4.52 Å². The number of carbonyl (C=O) groups is 1. The van der Waals surface area contributed by atoms with Gasteiger partial charge in [0.2, 0.25) is 11.8 Å². The van der Waals surface area contributed by atoms with Crippen molar-refractivity contribution in [2.75, 3.05) is 39.4 Å². The van der Waals surface area contributed by atoms with Crippen LogP contribution in [0.4, 0.5) is 0 Å². The minimum absolute atomic E-state index is 0.196. The molecule has 2 fully saturated rings. The average Bonchev–Trinajstić information content (AvgIpc) is 3.21. The Balaban J connectivity index is 1.53. The van der Waals surface area contributed by atoms with Gasteiger partial charge in [-0.1, -0.05) is 12.1 Å². The first-order valence-corrected chi connectivity index (χ1v) is 8.20. The zero-order chi connectivity index (χ0) is 15.4. The molecule has 0 spiro atoms. The Morgan fingerprint density at radius 3 is 2.86 bits per heavy atom. The van der Waals surface area contributed by atoms with Gasteiger partial charge in [-0.3, -0.25) is 9.69 Å². The molecule has 0 aliphatic carbocycles. The largest absolute Gasteiger partial charge is 0.378 e. The molecular formula is C15H24N4O3. The molecule has 2 aliphatic heterocycles. The van der Waals surface area contributed by atoms with Gasteiger partial charge in [-0.05, 0) is 19.4 Å². The quantitative estimate of drug-likeness (QED) is 0.808. The van der Waals surface area contributed by atoms with Crippen LogP contribution >= 0.6 is 0 Å². The lowest BCUT2D eigenvalue weighted by atomic mass is 10.2. The average molecular weight is 308 g/mol. The van der Waals surface area contributed by atoms with E-state index in [1.165, 1.54) is 0 Å². The topological polar surface area (TPSA) is 71.7 Å². The molecule has 3 rings (SSSR count). The highest BCUT2D eigenvalue weighted by atomic mass is 16.5. The number of ether oxygens (including phenoxy) is 1. The Morgan fingerprint density at radius 2 is 2.14 bits per heavy atom. The molecule has 7 nitrogen and oxygen atoms in total. The van der Waals surface area contributed by atoms with E-state index in [4.69, 9.17) is 9.26 Å². The molecule has 0 N–H and O–H groups in total. The number of likely N-dealkylation sites (tertiary alicyclic amines) is 1. The van der Waals surface area contributed by atoms with Crippen LogP contribution in [0.1, 0.15) is 43.9 Å². The van der Waals surface area contributed by atoms with Crippen LogP contribution in [-0.2, 0) is 16.0 Å². The molecular weight excluding hydrogens is 284 g/mol. The van der Waals surface area contributed by atoms with Crippen molar-refractivity contribution >= 4 is 5.91 Å². The van der Waals surface area contributed by atoms with Gasteiger partial charge < -0.3 is 14.2 Å². The van der Waals surface area contributed by atoms with Gasteiger partial charge in [0.05, 0.1) is 19.3 Å². The summed E-state index contributed by atoms with van der Waals surface area (Å²) in [4.78, 5) is 20.9. The van der Waals surface area contributed by atoms with E-state index >= 15 is 0 Å². The van der Waals surface area contributed by atoms with Crippen LogP contribution in [0.2, 0.25) is 0 Å². The fraction of sp³-hybridized carbons (Fsp3) is 0.800. The van der Waals surface area contributed by atoms with Crippen molar-refractivity contribution in [2.24, 2.45) is 0 Å². The van der Waals surface area contributed by atoms with E-state index in [1.54, 1.807) is 0 Å². The second kappa shape index (κ2) is 7.19. The van der Waals surface area contributed by atoms with E-state index in [-0.39, 0.29) is 11.9 Å². The summed E-state index contributed by atoms with van der Waals surface area (Å²) in [6, 6.07) is 0.196. The summed E-state index contributed by atoms with van der Waals surface area (Å²) in [5.41, 5.74) is 0. The Kier molecular flexibility index (Phi) is 5.04. The Morgan fingerprint density at radius 1 is 1.32 bits per heavy atom. The monoisotopic (exact) mass is 308 g/mol. The number of morpholine rings is 1. The summed E-state index contributed by atoms with van der Waals surface area (Å²) in [6.07, 6.45) is 3.46.